The molecule has 2 N–H and O–H groups in total. The summed E-state index contributed by atoms with van der Waals surface area (Å²) in [7, 11) is 0. The van der Waals surface area contributed by atoms with Crippen molar-refractivity contribution in [3.63, 3.8) is 0 Å². The van der Waals surface area contributed by atoms with Crippen LogP contribution < -0.4 is 5.43 Å². The largest absolute Gasteiger partial charge is 0.507 e. The summed E-state index contributed by atoms with van der Waals surface area (Å²) in [6.07, 6.45) is 1.13. The number of aryl methyl sites for hydroxylation is 1. The Morgan fingerprint density at radius 3 is 2.85 bits per heavy atom. The number of aromatic hydroxyl groups is 1. The maximum atomic E-state index is 12.3. The van der Waals surface area contributed by atoms with E-state index in [1.54, 1.807) is 0 Å². The van der Waals surface area contributed by atoms with E-state index in [-0.39, 0.29) is 17.0 Å². The van der Waals surface area contributed by atoms with E-state index in [1.165, 1.54) is 23.5 Å². The van der Waals surface area contributed by atoms with E-state index in [0.717, 1.165) is 27.9 Å². The molecule has 0 fully saturated rings. The minimum Gasteiger partial charge on any atom is -0.507 e. The highest BCUT2D eigenvalue weighted by Gasteiger charge is 2.17. The van der Waals surface area contributed by atoms with Gasteiger partial charge in [-0.3, -0.25) is 14.9 Å². The molecular weight excluding hydrogens is 378 g/mol. The average Bonchev–Trinajstić information content (AvgIpc) is 2.92. The summed E-state index contributed by atoms with van der Waals surface area (Å²) >= 11 is 7.51. The second kappa shape index (κ2) is 7.11. The van der Waals surface area contributed by atoms with Crippen LogP contribution in [0.3, 0.4) is 0 Å². The van der Waals surface area contributed by atoms with E-state index in [1.807, 2.05) is 25.1 Å². The third-order valence-electron chi connectivity index (χ3n) is 3.58. The fourth-order valence-corrected chi connectivity index (χ4v) is 3.79. The summed E-state index contributed by atoms with van der Waals surface area (Å²) in [6, 6.07) is 9.21. The number of hydrogen-bond donors (Lipinski definition) is 2. The molecule has 0 saturated heterocycles. The molecule has 132 valence electrons. The molecule has 0 radical (unpaired) electrons. The zero-order valence-corrected chi connectivity index (χ0v) is 15.0. The lowest BCUT2D eigenvalue weighted by atomic mass is 10.2. The van der Waals surface area contributed by atoms with Crippen molar-refractivity contribution in [2.24, 2.45) is 5.10 Å². The summed E-state index contributed by atoms with van der Waals surface area (Å²) in [5.41, 5.74) is 3.29. The zero-order valence-electron chi connectivity index (χ0n) is 13.4. The number of non-ortho nitro benzene ring substituents is 1. The first-order valence-electron chi connectivity index (χ1n) is 7.36. The minimum absolute atomic E-state index is 0.109. The van der Waals surface area contributed by atoms with Crippen molar-refractivity contribution < 1.29 is 14.8 Å². The van der Waals surface area contributed by atoms with Crippen molar-refractivity contribution in [1.29, 1.82) is 0 Å². The van der Waals surface area contributed by atoms with Gasteiger partial charge in [0, 0.05) is 27.8 Å². The molecule has 1 heterocycles. The van der Waals surface area contributed by atoms with E-state index in [9.17, 15) is 20.0 Å². The van der Waals surface area contributed by atoms with Crippen LogP contribution >= 0.6 is 22.9 Å². The summed E-state index contributed by atoms with van der Waals surface area (Å²) in [6.45, 7) is 1.95. The number of hydrogen-bond acceptors (Lipinski definition) is 6. The molecule has 0 aliphatic carbocycles. The number of benzene rings is 2. The van der Waals surface area contributed by atoms with Gasteiger partial charge in [-0.15, -0.1) is 11.3 Å². The highest BCUT2D eigenvalue weighted by atomic mass is 35.5. The van der Waals surface area contributed by atoms with Crippen molar-refractivity contribution in [3.8, 4) is 5.75 Å². The van der Waals surface area contributed by atoms with Gasteiger partial charge >= 0.3 is 0 Å². The lowest BCUT2D eigenvalue weighted by Crippen LogP contribution is -2.16. The number of hydrazone groups is 1. The lowest BCUT2D eigenvalue weighted by molar-refractivity contribution is -0.384. The normalized spacial score (nSPS) is 11.2. The number of fused-ring (bicyclic) bond motifs is 1. The summed E-state index contributed by atoms with van der Waals surface area (Å²) in [5.74, 6) is -0.695. The number of carbonyl (C=O) groups is 1. The van der Waals surface area contributed by atoms with Crippen LogP contribution in [-0.2, 0) is 0 Å². The fraction of sp³-hybridized carbons (Fsp3) is 0.0588. The molecule has 7 nitrogen and oxygen atoms in total. The number of nitrogens with one attached hydrogen (secondary N) is 1. The molecule has 0 aliphatic heterocycles. The van der Waals surface area contributed by atoms with Crippen LogP contribution in [0, 0.1) is 17.0 Å². The number of carbonyl (C=O) groups excluding carboxylic acids is 1. The predicted molar refractivity (Wildman–Crippen MR) is 101 cm³/mol. The molecule has 3 aromatic rings. The molecule has 1 aromatic heterocycles. The van der Waals surface area contributed by atoms with Gasteiger partial charge in [0.25, 0.3) is 11.6 Å². The van der Waals surface area contributed by atoms with Gasteiger partial charge in [-0.05, 0) is 24.6 Å². The van der Waals surface area contributed by atoms with Crippen LogP contribution in [0.25, 0.3) is 10.1 Å². The molecule has 1 amide bonds. The van der Waals surface area contributed by atoms with Gasteiger partial charge in [-0.1, -0.05) is 23.7 Å². The Morgan fingerprint density at radius 2 is 2.12 bits per heavy atom. The Balaban J connectivity index is 1.81. The zero-order chi connectivity index (χ0) is 18.8. The lowest BCUT2D eigenvalue weighted by Gasteiger charge is -2.00. The topological polar surface area (TPSA) is 105 Å². The number of phenols is 1. The number of rotatable bonds is 4. The highest BCUT2D eigenvalue weighted by Crippen LogP contribution is 2.35. The van der Waals surface area contributed by atoms with E-state index in [4.69, 9.17) is 11.6 Å². The molecule has 0 aliphatic rings. The number of nitro benzene ring substituents is 1. The van der Waals surface area contributed by atoms with Crippen LogP contribution in [0.4, 0.5) is 5.69 Å². The predicted octanol–water partition coefficient (Wildman–Crippen LogP) is 4.24. The molecule has 0 bridgehead atoms. The van der Waals surface area contributed by atoms with Crippen LogP contribution in [0.5, 0.6) is 5.75 Å². The van der Waals surface area contributed by atoms with Crippen LogP contribution in [0.1, 0.15) is 20.8 Å². The van der Waals surface area contributed by atoms with Crippen LogP contribution in [-0.4, -0.2) is 22.2 Å². The molecule has 9 heteroatoms. The smallest absolute Gasteiger partial charge is 0.283 e. The first-order valence-corrected chi connectivity index (χ1v) is 8.55. The van der Waals surface area contributed by atoms with E-state index >= 15 is 0 Å². The van der Waals surface area contributed by atoms with Crippen molar-refractivity contribution >= 4 is 50.8 Å². The van der Waals surface area contributed by atoms with Crippen molar-refractivity contribution in [2.45, 2.75) is 6.92 Å². The fourth-order valence-electron chi connectivity index (χ4n) is 2.29. The first-order chi connectivity index (χ1) is 12.4. The third-order valence-corrected chi connectivity index (χ3v) is 5.24. The highest BCUT2D eigenvalue weighted by molar-refractivity contribution is 7.21. The molecule has 26 heavy (non-hydrogen) atoms. The van der Waals surface area contributed by atoms with Crippen molar-refractivity contribution in [1.82, 2.24) is 5.43 Å². The van der Waals surface area contributed by atoms with Gasteiger partial charge in [0.1, 0.15) is 10.6 Å². The number of nitrogens with zero attached hydrogens (tertiary/aromatic N) is 2. The Bertz CT molecular complexity index is 1060. The monoisotopic (exact) mass is 389 g/mol. The van der Waals surface area contributed by atoms with Gasteiger partial charge in [0.05, 0.1) is 16.2 Å². The molecule has 3 rings (SSSR count). The molecule has 0 spiro atoms. The summed E-state index contributed by atoms with van der Waals surface area (Å²) in [5, 5.41) is 25.4. The summed E-state index contributed by atoms with van der Waals surface area (Å²) in [4.78, 5) is 22.8. The van der Waals surface area contributed by atoms with Crippen LogP contribution in [0.15, 0.2) is 41.5 Å². The number of thiophene rings is 1. The van der Waals surface area contributed by atoms with Gasteiger partial charge < -0.3 is 5.11 Å². The van der Waals surface area contributed by atoms with Crippen LogP contribution in [0.2, 0.25) is 5.02 Å². The Kier molecular flexibility index (Phi) is 4.88. The molecular formula is C17H12ClN3O4S. The Morgan fingerprint density at radius 1 is 1.35 bits per heavy atom. The molecule has 2 aromatic carbocycles. The standard InChI is InChI=1S/C17H12ClN3O4S/c1-9-2-4-12-14(6-9)26-16(15(12)18)17(23)20-19-8-10-7-11(21(24)25)3-5-13(10)22/h2-8,22H,1H3,(H,20,23)/b19-8+. The van der Waals surface area contributed by atoms with Gasteiger partial charge in [0.15, 0.2) is 0 Å². The van der Waals surface area contributed by atoms with Gasteiger partial charge in [-0.2, -0.15) is 5.10 Å². The SMILES string of the molecule is Cc1ccc2c(Cl)c(C(=O)N/N=C/c3cc([N+](=O)[O-])ccc3O)sc2c1. The Labute approximate surface area is 156 Å². The molecule has 0 saturated carbocycles. The summed E-state index contributed by atoms with van der Waals surface area (Å²) < 4.78 is 0.889. The third kappa shape index (κ3) is 3.51. The molecule has 0 atom stereocenters. The second-order valence-electron chi connectivity index (χ2n) is 5.44. The quantitative estimate of drug-likeness (QED) is 0.395. The van der Waals surface area contributed by atoms with Gasteiger partial charge in [0.2, 0.25) is 0 Å². The number of halogens is 1. The van der Waals surface area contributed by atoms with E-state index < -0.39 is 10.8 Å². The van der Waals surface area contributed by atoms with Crippen molar-refractivity contribution in [3.05, 3.63) is 67.5 Å². The van der Waals surface area contributed by atoms with Gasteiger partial charge in [-0.25, -0.2) is 5.43 Å². The first kappa shape index (κ1) is 17.8. The number of nitro groups is 1. The maximum absolute atomic E-state index is 12.3. The maximum Gasteiger partial charge on any atom is 0.283 e. The number of phenolic OH excluding ortho intramolecular Hbond substituents is 1. The Hall–Kier alpha value is -2.97. The number of amides is 1. The minimum atomic E-state index is -0.589. The van der Waals surface area contributed by atoms with E-state index in [2.05, 4.69) is 10.5 Å². The van der Waals surface area contributed by atoms with Crippen molar-refractivity contribution in [2.75, 3.05) is 0 Å². The molecule has 0 unspecified atom stereocenters. The van der Waals surface area contributed by atoms with E-state index in [0.29, 0.717) is 9.90 Å². The average molecular weight is 390 g/mol. The second-order valence-corrected chi connectivity index (χ2v) is 6.87.